The van der Waals surface area contributed by atoms with Crippen LogP contribution in [0.15, 0.2) is 29.4 Å². The molecule has 0 saturated carbocycles. The highest BCUT2D eigenvalue weighted by molar-refractivity contribution is 7.99. The Balaban J connectivity index is 1.89. The summed E-state index contributed by atoms with van der Waals surface area (Å²) in [4.78, 5) is 0. The van der Waals surface area contributed by atoms with Crippen molar-refractivity contribution in [3.05, 3.63) is 35.4 Å². The van der Waals surface area contributed by atoms with Crippen LogP contribution in [0.25, 0.3) is 0 Å². The van der Waals surface area contributed by atoms with Crippen LogP contribution in [-0.4, -0.2) is 32.0 Å². The molecule has 1 aromatic heterocycles. The number of nitrogens with one attached hydrogen (secondary N) is 1. The van der Waals surface area contributed by atoms with Crippen LogP contribution in [0.2, 0.25) is 0 Å². The van der Waals surface area contributed by atoms with Crippen molar-refractivity contribution in [2.24, 2.45) is 7.05 Å². The summed E-state index contributed by atoms with van der Waals surface area (Å²) in [5, 5.41) is 15.9. The molecule has 0 spiro atoms. The zero-order valence-electron chi connectivity index (χ0n) is 12.9. The van der Waals surface area contributed by atoms with E-state index in [0.717, 1.165) is 30.3 Å². The molecule has 2 aromatic rings. The van der Waals surface area contributed by atoms with Crippen LogP contribution in [0.3, 0.4) is 0 Å². The summed E-state index contributed by atoms with van der Waals surface area (Å²) in [5.41, 5.74) is 2.78. The van der Waals surface area contributed by atoms with Crippen molar-refractivity contribution >= 4 is 11.8 Å². The van der Waals surface area contributed by atoms with Crippen LogP contribution >= 0.6 is 11.8 Å². The van der Waals surface area contributed by atoms with Gasteiger partial charge in [-0.3, -0.25) is 0 Å². The molecule has 114 valence electrons. The zero-order valence-corrected chi connectivity index (χ0v) is 13.7. The molecule has 21 heavy (non-hydrogen) atoms. The molecule has 0 radical (unpaired) electrons. The highest BCUT2D eigenvalue weighted by Gasteiger charge is 2.06. The average Bonchev–Trinajstić information content (AvgIpc) is 2.91. The van der Waals surface area contributed by atoms with E-state index in [1.54, 1.807) is 16.4 Å². The maximum Gasteiger partial charge on any atom is 0.209 e. The smallest absolute Gasteiger partial charge is 0.209 e. The Hall–Kier alpha value is -1.40. The molecular formula is C15H23N5S. The number of aromatic nitrogens is 4. The first-order valence-electron chi connectivity index (χ1n) is 7.36. The number of aryl methyl sites for hydroxylation is 2. The third kappa shape index (κ3) is 4.82. The average molecular weight is 305 g/mol. The summed E-state index contributed by atoms with van der Waals surface area (Å²) in [6, 6.07) is 9.19. The predicted molar refractivity (Wildman–Crippen MR) is 86.3 cm³/mol. The Morgan fingerprint density at radius 2 is 2.05 bits per heavy atom. The minimum absolute atomic E-state index is 0.553. The lowest BCUT2D eigenvalue weighted by Gasteiger charge is -2.14. The van der Waals surface area contributed by atoms with Crippen molar-refractivity contribution in [1.29, 1.82) is 0 Å². The summed E-state index contributed by atoms with van der Waals surface area (Å²) in [6.45, 7) is 5.36. The molecule has 5 nitrogen and oxygen atoms in total. The molecule has 0 amide bonds. The van der Waals surface area contributed by atoms with Crippen molar-refractivity contribution in [1.82, 2.24) is 25.5 Å². The second-order valence-electron chi connectivity index (χ2n) is 5.14. The molecule has 0 aliphatic carbocycles. The number of rotatable bonds is 8. The van der Waals surface area contributed by atoms with Gasteiger partial charge in [-0.2, -0.15) is 0 Å². The van der Waals surface area contributed by atoms with Gasteiger partial charge in [-0.1, -0.05) is 43.0 Å². The SMILES string of the molecule is CC[C@H](C)NCc1ccccc1CCSc1nnnn1C. The zero-order chi connectivity index (χ0) is 15.1. The van der Waals surface area contributed by atoms with Crippen LogP contribution < -0.4 is 5.32 Å². The van der Waals surface area contributed by atoms with Crippen LogP contribution in [0.1, 0.15) is 31.4 Å². The van der Waals surface area contributed by atoms with Gasteiger partial charge in [0.1, 0.15) is 0 Å². The molecule has 1 atom stereocenters. The highest BCUT2D eigenvalue weighted by atomic mass is 32.2. The van der Waals surface area contributed by atoms with Crippen LogP contribution in [0.4, 0.5) is 0 Å². The molecule has 6 heteroatoms. The summed E-state index contributed by atoms with van der Waals surface area (Å²) >= 11 is 1.69. The number of tetrazole rings is 1. The van der Waals surface area contributed by atoms with E-state index in [2.05, 4.69) is 59.0 Å². The third-order valence-electron chi connectivity index (χ3n) is 3.56. The van der Waals surface area contributed by atoms with Gasteiger partial charge in [-0.15, -0.1) is 5.10 Å². The van der Waals surface area contributed by atoms with Gasteiger partial charge in [0.05, 0.1) is 0 Å². The van der Waals surface area contributed by atoms with Crippen molar-refractivity contribution in [2.45, 2.75) is 44.4 Å². The van der Waals surface area contributed by atoms with E-state index in [1.165, 1.54) is 11.1 Å². The summed E-state index contributed by atoms with van der Waals surface area (Å²) < 4.78 is 1.71. The van der Waals surface area contributed by atoms with Crippen molar-refractivity contribution < 1.29 is 0 Å². The molecule has 0 aliphatic heterocycles. The second-order valence-corrected chi connectivity index (χ2v) is 6.20. The lowest BCUT2D eigenvalue weighted by Crippen LogP contribution is -2.25. The minimum Gasteiger partial charge on any atom is -0.310 e. The Morgan fingerprint density at radius 1 is 1.29 bits per heavy atom. The molecule has 0 bridgehead atoms. The lowest BCUT2D eigenvalue weighted by molar-refractivity contribution is 0.533. The predicted octanol–water partition coefficient (Wildman–Crippen LogP) is 2.43. The quantitative estimate of drug-likeness (QED) is 0.759. The second kappa shape index (κ2) is 8.14. The van der Waals surface area contributed by atoms with Gasteiger partial charge >= 0.3 is 0 Å². The Labute approximate surface area is 130 Å². The number of hydrogen-bond acceptors (Lipinski definition) is 5. The van der Waals surface area contributed by atoms with Crippen LogP contribution in [-0.2, 0) is 20.0 Å². The number of hydrogen-bond donors (Lipinski definition) is 1. The number of thioether (sulfide) groups is 1. The fourth-order valence-electron chi connectivity index (χ4n) is 2.00. The van der Waals surface area contributed by atoms with Gasteiger partial charge < -0.3 is 5.32 Å². The summed E-state index contributed by atoms with van der Waals surface area (Å²) in [7, 11) is 1.87. The fourth-order valence-corrected chi connectivity index (χ4v) is 2.82. The summed E-state index contributed by atoms with van der Waals surface area (Å²) in [5.74, 6) is 0.981. The third-order valence-corrected chi connectivity index (χ3v) is 4.57. The van der Waals surface area contributed by atoms with Gasteiger partial charge in [-0.05, 0) is 41.3 Å². The normalized spacial score (nSPS) is 12.5. The van der Waals surface area contributed by atoms with Gasteiger partial charge in [0, 0.05) is 25.4 Å². The highest BCUT2D eigenvalue weighted by Crippen LogP contribution is 2.17. The standard InChI is InChI=1S/C15H23N5S/c1-4-12(2)16-11-14-8-6-5-7-13(14)9-10-21-15-17-18-19-20(15)3/h5-8,12,16H,4,9-11H2,1-3H3/t12-/m0/s1. The lowest BCUT2D eigenvalue weighted by atomic mass is 10.0. The van der Waals surface area contributed by atoms with Gasteiger partial charge in [0.15, 0.2) is 0 Å². The molecule has 1 aromatic carbocycles. The molecular weight excluding hydrogens is 282 g/mol. The maximum atomic E-state index is 3.99. The van der Waals surface area contributed by atoms with E-state index < -0.39 is 0 Å². The van der Waals surface area contributed by atoms with E-state index in [0.29, 0.717) is 6.04 Å². The van der Waals surface area contributed by atoms with E-state index in [1.807, 2.05) is 7.05 Å². The fraction of sp³-hybridized carbons (Fsp3) is 0.533. The molecule has 0 aliphatic rings. The monoisotopic (exact) mass is 305 g/mol. The number of nitrogens with zero attached hydrogens (tertiary/aromatic N) is 4. The molecule has 1 N–H and O–H groups in total. The Kier molecular flexibility index (Phi) is 6.20. The van der Waals surface area contributed by atoms with Gasteiger partial charge in [-0.25, -0.2) is 4.68 Å². The van der Waals surface area contributed by atoms with E-state index >= 15 is 0 Å². The Bertz CT molecular complexity index is 555. The Morgan fingerprint density at radius 3 is 2.71 bits per heavy atom. The molecule has 1 heterocycles. The molecule has 0 saturated heterocycles. The van der Waals surface area contributed by atoms with Gasteiger partial charge in [0.25, 0.3) is 0 Å². The number of benzene rings is 1. The molecule has 2 rings (SSSR count). The minimum atomic E-state index is 0.553. The van der Waals surface area contributed by atoms with Crippen molar-refractivity contribution in [2.75, 3.05) is 5.75 Å². The van der Waals surface area contributed by atoms with Gasteiger partial charge in [0.2, 0.25) is 5.16 Å². The first-order valence-corrected chi connectivity index (χ1v) is 8.34. The van der Waals surface area contributed by atoms with Crippen LogP contribution in [0.5, 0.6) is 0 Å². The summed E-state index contributed by atoms with van der Waals surface area (Å²) in [6.07, 6.45) is 2.17. The molecule has 0 unspecified atom stereocenters. The molecule has 0 fully saturated rings. The van der Waals surface area contributed by atoms with Crippen molar-refractivity contribution in [3.8, 4) is 0 Å². The van der Waals surface area contributed by atoms with Crippen molar-refractivity contribution in [3.63, 3.8) is 0 Å². The first kappa shape index (κ1) is 16.0. The largest absolute Gasteiger partial charge is 0.310 e. The van der Waals surface area contributed by atoms with E-state index in [9.17, 15) is 0 Å². The first-order chi connectivity index (χ1) is 10.2. The van der Waals surface area contributed by atoms with Crippen LogP contribution in [0, 0.1) is 0 Å². The van der Waals surface area contributed by atoms with E-state index in [4.69, 9.17) is 0 Å². The maximum absolute atomic E-state index is 3.99. The van der Waals surface area contributed by atoms with E-state index in [-0.39, 0.29) is 0 Å². The topological polar surface area (TPSA) is 55.6 Å².